The summed E-state index contributed by atoms with van der Waals surface area (Å²) < 4.78 is 10.2. The van der Waals surface area contributed by atoms with E-state index in [4.69, 9.17) is 14.7 Å². The van der Waals surface area contributed by atoms with Crippen LogP contribution in [-0.2, 0) is 9.47 Å². The summed E-state index contributed by atoms with van der Waals surface area (Å²) in [5.41, 5.74) is -0.315. The third-order valence-electron chi connectivity index (χ3n) is 1.59. The molecule has 0 N–H and O–H groups in total. The molecule has 0 amide bonds. The van der Waals surface area contributed by atoms with Crippen LogP contribution in [0.1, 0.15) is 13.8 Å². The lowest BCUT2D eigenvalue weighted by molar-refractivity contribution is 0.0947. The minimum Gasteiger partial charge on any atom is -0.379 e. The summed E-state index contributed by atoms with van der Waals surface area (Å²) in [6.45, 7) is 5.02. The van der Waals surface area contributed by atoms with E-state index >= 15 is 0 Å². The third-order valence-corrected chi connectivity index (χ3v) is 1.59. The molecule has 0 aliphatic carbocycles. The average molecular weight is 141 g/mol. The van der Waals surface area contributed by atoms with Gasteiger partial charge in [-0.05, 0) is 13.8 Å². The molecule has 0 spiro atoms. The highest BCUT2D eigenvalue weighted by Gasteiger charge is 2.53. The van der Waals surface area contributed by atoms with Gasteiger partial charge >= 0.3 is 0 Å². The Morgan fingerprint density at radius 1 is 1.80 bits per heavy atom. The van der Waals surface area contributed by atoms with E-state index in [1.54, 1.807) is 0 Å². The van der Waals surface area contributed by atoms with Crippen LogP contribution in [0.4, 0.5) is 0 Å². The normalized spacial score (nSPS) is 37.1. The fourth-order valence-corrected chi connectivity index (χ4v) is 0.813. The van der Waals surface area contributed by atoms with Gasteiger partial charge in [-0.25, -0.2) is 0 Å². The molecule has 2 unspecified atom stereocenters. The van der Waals surface area contributed by atoms with Gasteiger partial charge in [0.05, 0.1) is 12.7 Å². The average Bonchev–Trinajstić information content (AvgIpc) is 2.59. The van der Waals surface area contributed by atoms with Crippen molar-refractivity contribution in [2.75, 3.05) is 13.2 Å². The first-order valence-electron chi connectivity index (χ1n) is 3.38. The molecule has 1 fully saturated rings. The maximum absolute atomic E-state index is 8.41. The smallest absolute Gasteiger partial charge is 0.175 e. The van der Waals surface area contributed by atoms with Crippen LogP contribution < -0.4 is 0 Å². The van der Waals surface area contributed by atoms with Gasteiger partial charge in [-0.2, -0.15) is 5.26 Å². The zero-order chi connectivity index (χ0) is 7.61. The van der Waals surface area contributed by atoms with Crippen LogP contribution in [0.3, 0.4) is 0 Å². The molecule has 3 nitrogen and oxygen atoms in total. The Bertz CT molecular complexity index is 163. The standard InChI is InChI=1S/C7H11NO2/c1-3-9-5-7(2)6(4-8)10-7/h6H,3,5H2,1-2H3. The fourth-order valence-electron chi connectivity index (χ4n) is 0.813. The maximum Gasteiger partial charge on any atom is 0.175 e. The van der Waals surface area contributed by atoms with Crippen molar-refractivity contribution in [3.05, 3.63) is 0 Å². The molecule has 1 aliphatic heterocycles. The number of hydrogen-bond acceptors (Lipinski definition) is 3. The van der Waals surface area contributed by atoms with Crippen molar-refractivity contribution in [1.29, 1.82) is 5.26 Å². The van der Waals surface area contributed by atoms with Gasteiger partial charge in [0.25, 0.3) is 0 Å². The van der Waals surface area contributed by atoms with E-state index in [0.29, 0.717) is 13.2 Å². The van der Waals surface area contributed by atoms with Gasteiger partial charge in [-0.15, -0.1) is 0 Å². The zero-order valence-electron chi connectivity index (χ0n) is 6.26. The Morgan fingerprint density at radius 3 is 2.90 bits per heavy atom. The highest BCUT2D eigenvalue weighted by molar-refractivity contribution is 5.11. The van der Waals surface area contributed by atoms with Gasteiger partial charge < -0.3 is 9.47 Å². The first kappa shape index (κ1) is 7.52. The number of rotatable bonds is 3. The fraction of sp³-hybridized carbons (Fsp3) is 0.857. The van der Waals surface area contributed by atoms with Crippen molar-refractivity contribution in [3.8, 4) is 6.07 Å². The maximum atomic E-state index is 8.41. The predicted molar refractivity (Wildman–Crippen MR) is 35.4 cm³/mol. The molecule has 0 aromatic carbocycles. The zero-order valence-corrected chi connectivity index (χ0v) is 6.26. The second kappa shape index (κ2) is 2.57. The lowest BCUT2D eigenvalue weighted by Gasteiger charge is -2.02. The van der Waals surface area contributed by atoms with Crippen molar-refractivity contribution >= 4 is 0 Å². The molecule has 0 radical (unpaired) electrons. The Kier molecular flexibility index (Phi) is 1.93. The first-order chi connectivity index (χ1) is 4.73. The van der Waals surface area contributed by atoms with Crippen LogP contribution >= 0.6 is 0 Å². The van der Waals surface area contributed by atoms with Crippen molar-refractivity contribution in [2.24, 2.45) is 0 Å². The number of ether oxygens (including phenoxy) is 2. The minimum absolute atomic E-state index is 0.251. The Balaban J connectivity index is 2.24. The molecule has 1 aliphatic rings. The van der Waals surface area contributed by atoms with Crippen molar-refractivity contribution < 1.29 is 9.47 Å². The van der Waals surface area contributed by atoms with Crippen molar-refractivity contribution in [1.82, 2.24) is 0 Å². The number of nitrogens with zero attached hydrogens (tertiary/aromatic N) is 1. The van der Waals surface area contributed by atoms with Gasteiger partial charge in [0.1, 0.15) is 5.60 Å². The first-order valence-corrected chi connectivity index (χ1v) is 3.38. The summed E-state index contributed by atoms with van der Waals surface area (Å²) >= 11 is 0. The number of nitriles is 1. The second-order valence-corrected chi connectivity index (χ2v) is 2.58. The molecular formula is C7H11NO2. The van der Waals surface area contributed by atoms with Crippen LogP contribution in [0.2, 0.25) is 0 Å². The van der Waals surface area contributed by atoms with Crippen molar-refractivity contribution in [3.63, 3.8) is 0 Å². The molecule has 1 rings (SSSR count). The molecule has 0 aromatic heterocycles. The molecule has 1 saturated heterocycles. The number of epoxide rings is 1. The Labute approximate surface area is 60.5 Å². The molecule has 0 bridgehead atoms. The van der Waals surface area contributed by atoms with Crippen LogP contribution in [0, 0.1) is 11.3 Å². The summed E-state index contributed by atoms with van der Waals surface area (Å²) in [4.78, 5) is 0. The second-order valence-electron chi connectivity index (χ2n) is 2.58. The third kappa shape index (κ3) is 1.28. The summed E-state index contributed by atoms with van der Waals surface area (Å²) in [6.07, 6.45) is -0.251. The van der Waals surface area contributed by atoms with Gasteiger partial charge in [-0.1, -0.05) is 0 Å². The largest absolute Gasteiger partial charge is 0.379 e. The van der Waals surface area contributed by atoms with Gasteiger partial charge in [0.2, 0.25) is 0 Å². The van der Waals surface area contributed by atoms with E-state index in [0.717, 1.165) is 0 Å². The molecule has 0 aromatic rings. The lowest BCUT2D eigenvalue weighted by Crippen LogP contribution is -2.17. The molecule has 56 valence electrons. The summed E-state index contributed by atoms with van der Waals surface area (Å²) in [5.74, 6) is 0. The van der Waals surface area contributed by atoms with E-state index < -0.39 is 0 Å². The highest BCUT2D eigenvalue weighted by atomic mass is 16.6. The topological polar surface area (TPSA) is 45.5 Å². The monoisotopic (exact) mass is 141 g/mol. The highest BCUT2D eigenvalue weighted by Crippen LogP contribution is 2.35. The Morgan fingerprint density at radius 2 is 2.50 bits per heavy atom. The van der Waals surface area contributed by atoms with E-state index in [1.165, 1.54) is 0 Å². The van der Waals surface area contributed by atoms with Crippen LogP contribution in [0.25, 0.3) is 0 Å². The van der Waals surface area contributed by atoms with E-state index in [2.05, 4.69) is 0 Å². The van der Waals surface area contributed by atoms with Crippen LogP contribution in [0.15, 0.2) is 0 Å². The van der Waals surface area contributed by atoms with Crippen LogP contribution in [-0.4, -0.2) is 24.9 Å². The Hall–Kier alpha value is -0.590. The molecular weight excluding hydrogens is 130 g/mol. The molecule has 0 saturated carbocycles. The predicted octanol–water partition coefficient (Wildman–Crippen LogP) is 0.704. The lowest BCUT2D eigenvalue weighted by atomic mass is 10.1. The molecule has 10 heavy (non-hydrogen) atoms. The number of hydrogen-bond donors (Lipinski definition) is 0. The molecule has 1 heterocycles. The van der Waals surface area contributed by atoms with E-state index in [9.17, 15) is 0 Å². The van der Waals surface area contributed by atoms with Gasteiger partial charge in [0.15, 0.2) is 6.10 Å². The van der Waals surface area contributed by atoms with Crippen LogP contribution in [0.5, 0.6) is 0 Å². The summed E-state index contributed by atoms with van der Waals surface area (Å²) in [5, 5.41) is 8.41. The van der Waals surface area contributed by atoms with Crippen molar-refractivity contribution in [2.45, 2.75) is 25.6 Å². The van der Waals surface area contributed by atoms with E-state index in [-0.39, 0.29) is 11.7 Å². The summed E-state index contributed by atoms with van der Waals surface area (Å²) in [6, 6.07) is 2.04. The van der Waals surface area contributed by atoms with E-state index in [1.807, 2.05) is 19.9 Å². The molecule has 3 heteroatoms. The van der Waals surface area contributed by atoms with Gasteiger partial charge in [-0.3, -0.25) is 0 Å². The minimum atomic E-state index is -0.315. The SMILES string of the molecule is CCOCC1(C)OC1C#N. The summed E-state index contributed by atoms with van der Waals surface area (Å²) in [7, 11) is 0. The van der Waals surface area contributed by atoms with Gasteiger partial charge in [0, 0.05) is 6.61 Å². The quantitative estimate of drug-likeness (QED) is 0.543. The molecule has 2 atom stereocenters.